The van der Waals surface area contributed by atoms with Crippen LogP contribution in [0.3, 0.4) is 0 Å². The summed E-state index contributed by atoms with van der Waals surface area (Å²) in [6.07, 6.45) is 3.28. The number of carbonyl (C=O) groups is 2. The molecule has 3 aliphatic rings. The van der Waals surface area contributed by atoms with E-state index in [2.05, 4.69) is 0 Å². The summed E-state index contributed by atoms with van der Waals surface area (Å²) in [4.78, 5) is 29.3. The van der Waals surface area contributed by atoms with Gasteiger partial charge in [-0.05, 0) is 42.2 Å². The SMILES string of the molecule is CC(=O)[C@@]12O[C@]3(CCCCCN3C1=O)Oc1ccc3ccccc3c1[C@@H]2c1ccccc1. The fraction of sp³-hybridized carbons (Fsp3) is 0.333. The van der Waals surface area contributed by atoms with Gasteiger partial charge >= 0.3 is 0 Å². The van der Waals surface area contributed by atoms with Gasteiger partial charge in [-0.3, -0.25) is 19.2 Å². The molecule has 0 radical (unpaired) electrons. The molecule has 3 atom stereocenters. The summed E-state index contributed by atoms with van der Waals surface area (Å²) < 4.78 is 13.3. The number of rotatable bonds is 2. The second-order valence-electron chi connectivity index (χ2n) is 9.02. The van der Waals surface area contributed by atoms with Crippen LogP contribution in [-0.4, -0.2) is 34.6 Å². The van der Waals surface area contributed by atoms with Gasteiger partial charge in [-0.2, -0.15) is 0 Å². The second-order valence-corrected chi connectivity index (χ2v) is 9.02. The third-order valence-corrected chi connectivity index (χ3v) is 7.22. The molecular formula is C27H25NO4. The lowest BCUT2D eigenvalue weighted by Crippen LogP contribution is -2.53. The van der Waals surface area contributed by atoms with E-state index in [1.165, 1.54) is 6.92 Å². The molecule has 3 aliphatic heterocycles. The molecular weight excluding hydrogens is 402 g/mol. The van der Waals surface area contributed by atoms with Gasteiger partial charge in [-0.1, -0.05) is 67.1 Å². The van der Waals surface area contributed by atoms with Gasteiger partial charge in [0.15, 0.2) is 5.78 Å². The zero-order valence-electron chi connectivity index (χ0n) is 18.0. The van der Waals surface area contributed by atoms with Crippen LogP contribution < -0.4 is 4.74 Å². The number of hydrogen-bond donors (Lipinski definition) is 0. The third kappa shape index (κ3) is 2.49. The molecule has 0 aromatic heterocycles. The molecule has 3 aromatic carbocycles. The topological polar surface area (TPSA) is 55.8 Å². The van der Waals surface area contributed by atoms with E-state index in [1.54, 1.807) is 4.90 Å². The molecule has 5 heteroatoms. The van der Waals surface area contributed by atoms with Gasteiger partial charge in [0, 0.05) is 18.5 Å². The van der Waals surface area contributed by atoms with Crippen molar-refractivity contribution in [3.05, 3.63) is 77.9 Å². The lowest BCUT2D eigenvalue weighted by molar-refractivity contribution is -0.250. The van der Waals surface area contributed by atoms with Crippen molar-refractivity contribution >= 4 is 22.5 Å². The third-order valence-electron chi connectivity index (χ3n) is 7.22. The van der Waals surface area contributed by atoms with Crippen LogP contribution in [-0.2, 0) is 14.3 Å². The molecule has 0 saturated carbocycles. The van der Waals surface area contributed by atoms with Crippen molar-refractivity contribution in [3.8, 4) is 5.75 Å². The van der Waals surface area contributed by atoms with E-state index in [1.807, 2.05) is 66.7 Å². The highest BCUT2D eigenvalue weighted by atomic mass is 16.8. The predicted molar refractivity (Wildman–Crippen MR) is 120 cm³/mol. The number of carbonyl (C=O) groups excluding carboxylic acids is 2. The van der Waals surface area contributed by atoms with Gasteiger partial charge in [0.25, 0.3) is 11.8 Å². The number of hydrogen-bond acceptors (Lipinski definition) is 4. The standard InChI is InChI=1S/C27H25NO4/c1-18(29)27-24(20-11-4-2-5-12-20)23-21-13-7-6-10-19(21)14-15-22(23)31-26(32-27)16-8-3-9-17-28(26)25(27)30/h2,4-7,10-15,24H,3,8-9,16-17H2,1H3/t24-,26-,27-/m0/s1. The van der Waals surface area contributed by atoms with Crippen LogP contribution in [0.2, 0.25) is 0 Å². The number of benzene rings is 3. The van der Waals surface area contributed by atoms with Crippen molar-refractivity contribution in [2.75, 3.05) is 6.54 Å². The fourth-order valence-electron chi connectivity index (χ4n) is 5.78. The Kier molecular flexibility index (Phi) is 4.21. The number of nitrogens with zero attached hydrogens (tertiary/aromatic N) is 1. The summed E-state index contributed by atoms with van der Waals surface area (Å²) >= 11 is 0. The Balaban J connectivity index is 1.73. The monoisotopic (exact) mass is 427 g/mol. The molecule has 5 nitrogen and oxygen atoms in total. The molecule has 6 rings (SSSR count). The molecule has 162 valence electrons. The molecule has 3 aromatic rings. The Morgan fingerprint density at radius 1 is 0.969 bits per heavy atom. The summed E-state index contributed by atoms with van der Waals surface area (Å²) in [5.74, 6) is -1.74. The van der Waals surface area contributed by atoms with Crippen molar-refractivity contribution < 1.29 is 19.1 Å². The smallest absolute Gasteiger partial charge is 0.298 e. The van der Waals surface area contributed by atoms with Gasteiger partial charge in [0.1, 0.15) is 5.75 Å². The van der Waals surface area contributed by atoms with Gasteiger partial charge in [0.2, 0.25) is 5.60 Å². The zero-order chi connectivity index (χ0) is 21.9. The van der Waals surface area contributed by atoms with Crippen LogP contribution in [0.4, 0.5) is 0 Å². The normalized spacial score (nSPS) is 29.0. The molecule has 32 heavy (non-hydrogen) atoms. The van der Waals surface area contributed by atoms with Gasteiger partial charge in [-0.15, -0.1) is 0 Å². The summed E-state index contributed by atoms with van der Waals surface area (Å²) in [7, 11) is 0. The first-order valence-electron chi connectivity index (χ1n) is 11.4. The summed E-state index contributed by atoms with van der Waals surface area (Å²) in [5, 5.41) is 2.01. The van der Waals surface area contributed by atoms with E-state index >= 15 is 0 Å². The average molecular weight is 428 g/mol. The van der Waals surface area contributed by atoms with Crippen molar-refractivity contribution in [2.45, 2.75) is 50.0 Å². The number of fused-ring (bicyclic) bond motifs is 4. The largest absolute Gasteiger partial charge is 0.444 e. The van der Waals surface area contributed by atoms with Crippen LogP contribution in [0.15, 0.2) is 66.7 Å². The summed E-state index contributed by atoms with van der Waals surface area (Å²) in [6, 6.07) is 21.8. The Morgan fingerprint density at radius 2 is 1.75 bits per heavy atom. The maximum absolute atomic E-state index is 14.1. The highest BCUT2D eigenvalue weighted by Crippen LogP contribution is 2.56. The molecule has 1 amide bonds. The highest BCUT2D eigenvalue weighted by molar-refractivity contribution is 6.12. The first-order chi connectivity index (χ1) is 15.6. The Hall–Kier alpha value is -3.18. The minimum atomic E-state index is -1.66. The van der Waals surface area contributed by atoms with Crippen LogP contribution in [0.25, 0.3) is 10.8 Å². The van der Waals surface area contributed by atoms with Crippen LogP contribution in [0, 0.1) is 0 Å². The molecule has 1 spiro atoms. The van der Waals surface area contributed by atoms with Crippen LogP contribution in [0.1, 0.15) is 49.7 Å². The van der Waals surface area contributed by atoms with Crippen molar-refractivity contribution in [1.29, 1.82) is 0 Å². The maximum Gasteiger partial charge on any atom is 0.298 e. The van der Waals surface area contributed by atoms with Crippen molar-refractivity contribution in [2.24, 2.45) is 0 Å². The number of ketones is 1. The fourth-order valence-corrected chi connectivity index (χ4v) is 5.78. The van der Waals surface area contributed by atoms with Crippen LogP contribution >= 0.6 is 0 Å². The Bertz CT molecular complexity index is 1240. The molecule has 2 fully saturated rings. The number of amides is 1. The van der Waals surface area contributed by atoms with E-state index < -0.39 is 17.4 Å². The first-order valence-corrected chi connectivity index (χ1v) is 11.4. The Morgan fingerprint density at radius 3 is 2.56 bits per heavy atom. The quantitative estimate of drug-likeness (QED) is 0.553. The highest BCUT2D eigenvalue weighted by Gasteiger charge is 2.70. The minimum Gasteiger partial charge on any atom is -0.444 e. The van der Waals surface area contributed by atoms with Gasteiger partial charge in [0.05, 0.1) is 5.92 Å². The number of ether oxygens (including phenoxy) is 2. The van der Waals surface area contributed by atoms with Crippen molar-refractivity contribution in [3.63, 3.8) is 0 Å². The molecule has 0 unspecified atom stereocenters. The van der Waals surface area contributed by atoms with Gasteiger partial charge in [-0.25, -0.2) is 0 Å². The van der Waals surface area contributed by atoms with E-state index in [4.69, 9.17) is 9.47 Å². The Labute approximate surface area is 186 Å². The maximum atomic E-state index is 14.1. The molecule has 0 aliphatic carbocycles. The lowest BCUT2D eigenvalue weighted by atomic mass is 9.73. The molecule has 2 saturated heterocycles. The molecule has 2 bridgehead atoms. The van der Waals surface area contributed by atoms with Gasteiger partial charge < -0.3 is 4.74 Å². The second kappa shape index (κ2) is 6.91. The van der Waals surface area contributed by atoms with E-state index in [0.29, 0.717) is 18.7 Å². The predicted octanol–water partition coefficient (Wildman–Crippen LogP) is 4.78. The number of Topliss-reactive ketones (excluding diaryl/α,β-unsaturated/α-hetero) is 1. The van der Waals surface area contributed by atoms with E-state index in [0.717, 1.165) is 41.2 Å². The van der Waals surface area contributed by atoms with Crippen molar-refractivity contribution in [1.82, 2.24) is 4.90 Å². The van der Waals surface area contributed by atoms with E-state index in [9.17, 15) is 9.59 Å². The molecule has 3 heterocycles. The average Bonchev–Trinajstić information content (AvgIpc) is 2.95. The minimum absolute atomic E-state index is 0.278. The van der Waals surface area contributed by atoms with E-state index in [-0.39, 0.29) is 11.7 Å². The molecule has 0 N–H and O–H groups in total. The lowest BCUT2D eigenvalue weighted by Gasteiger charge is -2.35. The summed E-state index contributed by atoms with van der Waals surface area (Å²) in [6.45, 7) is 2.00. The van der Waals surface area contributed by atoms with Crippen LogP contribution in [0.5, 0.6) is 5.75 Å². The first kappa shape index (κ1) is 19.5. The summed E-state index contributed by atoms with van der Waals surface area (Å²) in [5.41, 5.74) is 0.0548. The zero-order valence-corrected chi connectivity index (χ0v) is 18.0.